The van der Waals surface area contributed by atoms with E-state index in [1.807, 2.05) is 29.2 Å². The van der Waals surface area contributed by atoms with Gasteiger partial charge in [-0.3, -0.25) is 4.68 Å². The second kappa shape index (κ2) is 8.00. The Morgan fingerprint density at radius 2 is 1.87 bits per heavy atom. The van der Waals surface area contributed by atoms with E-state index in [1.165, 1.54) is 12.8 Å². The number of imidazole rings is 1. The molecule has 4 heterocycles. The number of pyridine rings is 1. The number of hydrogen-bond acceptors (Lipinski definition) is 4. The van der Waals surface area contributed by atoms with Gasteiger partial charge in [0.1, 0.15) is 17.2 Å². The van der Waals surface area contributed by atoms with Gasteiger partial charge in [-0.1, -0.05) is 17.7 Å². The Morgan fingerprint density at radius 1 is 1.06 bits per heavy atom. The molecular formula is C24H27ClN6. The zero-order valence-corrected chi connectivity index (χ0v) is 18.9. The summed E-state index contributed by atoms with van der Waals surface area (Å²) in [6.45, 7) is 8.11. The highest BCUT2D eigenvalue weighted by atomic mass is 35.5. The lowest BCUT2D eigenvalue weighted by molar-refractivity contribution is 0.639. The first-order chi connectivity index (χ1) is 15.0. The van der Waals surface area contributed by atoms with Crippen LogP contribution in [0.5, 0.6) is 0 Å². The van der Waals surface area contributed by atoms with Gasteiger partial charge in [0.15, 0.2) is 0 Å². The molecule has 160 valence electrons. The molecule has 1 saturated heterocycles. The van der Waals surface area contributed by atoms with Crippen molar-refractivity contribution in [3.05, 3.63) is 59.5 Å². The summed E-state index contributed by atoms with van der Waals surface area (Å²) in [5, 5.41) is 5.32. The Labute approximate surface area is 187 Å². The fourth-order valence-corrected chi connectivity index (χ4v) is 4.85. The molecule has 0 amide bonds. The third-order valence-electron chi connectivity index (χ3n) is 6.29. The van der Waals surface area contributed by atoms with E-state index in [1.54, 1.807) is 0 Å². The second-order valence-electron chi connectivity index (χ2n) is 8.38. The number of benzene rings is 1. The second-order valence-corrected chi connectivity index (χ2v) is 8.79. The van der Waals surface area contributed by atoms with Crippen LogP contribution in [0.3, 0.4) is 0 Å². The molecular weight excluding hydrogens is 408 g/mol. The molecule has 31 heavy (non-hydrogen) atoms. The molecule has 0 unspecified atom stereocenters. The maximum absolute atomic E-state index is 6.48. The van der Waals surface area contributed by atoms with Crippen LogP contribution in [0.4, 0.5) is 5.82 Å². The van der Waals surface area contributed by atoms with Gasteiger partial charge in [-0.2, -0.15) is 5.10 Å². The van der Waals surface area contributed by atoms with E-state index < -0.39 is 0 Å². The molecule has 0 radical (unpaired) electrons. The molecule has 5 rings (SSSR count). The molecule has 6 nitrogen and oxygen atoms in total. The minimum Gasteiger partial charge on any atom is -0.351 e. The first kappa shape index (κ1) is 20.1. The summed E-state index contributed by atoms with van der Waals surface area (Å²) >= 11 is 6.48. The summed E-state index contributed by atoms with van der Waals surface area (Å²) < 4.78 is 4.12. The third kappa shape index (κ3) is 3.59. The molecule has 0 N–H and O–H groups in total. The third-order valence-corrected chi connectivity index (χ3v) is 6.60. The Kier molecular flexibility index (Phi) is 5.18. The number of rotatable bonds is 5. The lowest BCUT2D eigenvalue weighted by Gasteiger charge is -2.27. The average molecular weight is 435 g/mol. The van der Waals surface area contributed by atoms with Crippen LogP contribution in [-0.2, 0) is 13.1 Å². The standard InChI is InChI=1S/C24H27ClN6/c1-4-29-13-12-19(28-29)15-30-21-7-5-6-20(25)23(21)27-24(30)18-10-11-22(26-14-18)31-16(2)8-9-17(31)3/h5-7,10-14,16-17H,4,8-9,15H2,1-3H3/t16-,17-/m0/s1. The van der Waals surface area contributed by atoms with Crippen molar-refractivity contribution in [2.45, 2.75) is 58.8 Å². The molecule has 0 bridgehead atoms. The molecule has 0 spiro atoms. The lowest BCUT2D eigenvalue weighted by Crippen LogP contribution is -2.33. The molecule has 7 heteroatoms. The summed E-state index contributed by atoms with van der Waals surface area (Å²) in [5.41, 5.74) is 3.77. The molecule has 3 aromatic heterocycles. The van der Waals surface area contributed by atoms with Gasteiger partial charge in [-0.05, 0) is 63.9 Å². The van der Waals surface area contributed by atoms with Crippen LogP contribution < -0.4 is 4.90 Å². The summed E-state index contributed by atoms with van der Waals surface area (Å²) in [4.78, 5) is 12.1. The highest BCUT2D eigenvalue weighted by molar-refractivity contribution is 6.35. The van der Waals surface area contributed by atoms with Crippen LogP contribution in [0, 0.1) is 0 Å². The quantitative estimate of drug-likeness (QED) is 0.422. The topological polar surface area (TPSA) is 51.8 Å². The van der Waals surface area contributed by atoms with Gasteiger partial charge in [0.2, 0.25) is 0 Å². The van der Waals surface area contributed by atoms with Crippen LogP contribution in [0.25, 0.3) is 22.4 Å². The monoisotopic (exact) mass is 434 g/mol. The Morgan fingerprint density at radius 3 is 2.55 bits per heavy atom. The lowest BCUT2D eigenvalue weighted by atomic mass is 10.2. The van der Waals surface area contributed by atoms with E-state index in [2.05, 4.69) is 59.6 Å². The van der Waals surface area contributed by atoms with Crippen LogP contribution in [-0.4, -0.2) is 36.4 Å². The number of aromatic nitrogens is 5. The molecule has 0 aliphatic carbocycles. The Bertz CT molecular complexity index is 1200. The van der Waals surface area contributed by atoms with Gasteiger partial charge < -0.3 is 9.47 Å². The van der Waals surface area contributed by atoms with E-state index in [0.717, 1.165) is 40.5 Å². The number of hydrogen-bond donors (Lipinski definition) is 0. The van der Waals surface area contributed by atoms with E-state index >= 15 is 0 Å². The zero-order valence-electron chi connectivity index (χ0n) is 18.2. The summed E-state index contributed by atoms with van der Waals surface area (Å²) in [6, 6.07) is 13.2. The molecule has 1 aromatic carbocycles. The van der Waals surface area contributed by atoms with Crippen molar-refractivity contribution in [1.29, 1.82) is 0 Å². The first-order valence-electron chi connectivity index (χ1n) is 11.0. The van der Waals surface area contributed by atoms with Gasteiger partial charge in [0.25, 0.3) is 0 Å². The number of halogens is 1. The van der Waals surface area contributed by atoms with E-state index in [0.29, 0.717) is 23.7 Å². The normalized spacial score (nSPS) is 18.9. The number of para-hydroxylation sites is 1. The van der Waals surface area contributed by atoms with Gasteiger partial charge in [0.05, 0.1) is 22.8 Å². The predicted octanol–water partition coefficient (Wildman–Crippen LogP) is 5.39. The van der Waals surface area contributed by atoms with Crippen molar-refractivity contribution < 1.29 is 0 Å². The number of anilines is 1. The Hall–Kier alpha value is -2.86. The molecule has 2 atom stereocenters. The predicted molar refractivity (Wildman–Crippen MR) is 126 cm³/mol. The van der Waals surface area contributed by atoms with E-state index in [9.17, 15) is 0 Å². The first-order valence-corrected chi connectivity index (χ1v) is 11.3. The van der Waals surface area contributed by atoms with Crippen LogP contribution in [0.1, 0.15) is 39.3 Å². The summed E-state index contributed by atoms with van der Waals surface area (Å²) in [5.74, 6) is 1.89. The van der Waals surface area contributed by atoms with Gasteiger partial charge in [-0.15, -0.1) is 0 Å². The maximum Gasteiger partial charge on any atom is 0.143 e. The van der Waals surface area contributed by atoms with Crippen molar-refractivity contribution in [2.24, 2.45) is 0 Å². The van der Waals surface area contributed by atoms with Crippen molar-refractivity contribution >= 4 is 28.5 Å². The van der Waals surface area contributed by atoms with E-state index in [4.69, 9.17) is 21.6 Å². The van der Waals surface area contributed by atoms with Crippen LogP contribution in [0.15, 0.2) is 48.8 Å². The fourth-order valence-electron chi connectivity index (χ4n) is 4.64. The fraction of sp³-hybridized carbons (Fsp3) is 0.375. The SMILES string of the molecule is CCn1ccc(Cn2c(-c3ccc(N4[C@@H](C)CC[C@@H]4C)nc3)nc3c(Cl)cccc32)n1. The highest BCUT2D eigenvalue weighted by Crippen LogP contribution is 2.32. The average Bonchev–Trinajstić information content (AvgIpc) is 3.47. The van der Waals surface area contributed by atoms with Crippen LogP contribution in [0.2, 0.25) is 5.02 Å². The van der Waals surface area contributed by atoms with Crippen molar-refractivity contribution in [3.8, 4) is 11.4 Å². The smallest absolute Gasteiger partial charge is 0.143 e. The van der Waals surface area contributed by atoms with Gasteiger partial charge in [-0.25, -0.2) is 9.97 Å². The maximum atomic E-state index is 6.48. The number of aryl methyl sites for hydroxylation is 1. The highest BCUT2D eigenvalue weighted by Gasteiger charge is 2.28. The zero-order chi connectivity index (χ0) is 21.5. The van der Waals surface area contributed by atoms with Crippen molar-refractivity contribution in [2.75, 3.05) is 4.90 Å². The molecule has 0 saturated carbocycles. The van der Waals surface area contributed by atoms with Crippen molar-refractivity contribution in [3.63, 3.8) is 0 Å². The largest absolute Gasteiger partial charge is 0.351 e. The van der Waals surface area contributed by atoms with Gasteiger partial charge in [0, 0.05) is 36.6 Å². The minimum atomic E-state index is 0.519. The summed E-state index contributed by atoms with van der Waals surface area (Å²) in [7, 11) is 0. The molecule has 1 aliphatic heterocycles. The Balaban J connectivity index is 1.56. The van der Waals surface area contributed by atoms with Gasteiger partial charge >= 0.3 is 0 Å². The molecule has 1 fully saturated rings. The molecule has 4 aromatic rings. The van der Waals surface area contributed by atoms with E-state index in [-0.39, 0.29) is 0 Å². The van der Waals surface area contributed by atoms with Crippen LogP contribution >= 0.6 is 11.6 Å². The number of nitrogens with zero attached hydrogens (tertiary/aromatic N) is 6. The minimum absolute atomic E-state index is 0.519. The molecule has 1 aliphatic rings. The summed E-state index contributed by atoms with van der Waals surface area (Å²) in [6.07, 6.45) is 6.37. The van der Waals surface area contributed by atoms with Crippen molar-refractivity contribution in [1.82, 2.24) is 24.3 Å². The number of fused-ring (bicyclic) bond motifs is 1.